The number of carbonyl (C=O) groups is 1. The maximum Gasteiger partial charge on any atom is 0.222 e. The lowest BCUT2D eigenvalue weighted by Crippen LogP contribution is -2.41. The van der Waals surface area contributed by atoms with Crippen molar-refractivity contribution in [2.24, 2.45) is 0 Å². The van der Waals surface area contributed by atoms with Gasteiger partial charge in [-0.15, -0.1) is 11.3 Å². The smallest absolute Gasteiger partial charge is 0.222 e. The maximum atomic E-state index is 12.6. The van der Waals surface area contributed by atoms with E-state index < -0.39 is 0 Å². The van der Waals surface area contributed by atoms with Crippen molar-refractivity contribution in [2.75, 3.05) is 26.3 Å². The summed E-state index contributed by atoms with van der Waals surface area (Å²) in [5, 5.41) is 1.04. The van der Waals surface area contributed by atoms with Gasteiger partial charge in [0.15, 0.2) is 0 Å². The van der Waals surface area contributed by atoms with Gasteiger partial charge in [-0.2, -0.15) is 0 Å². The first kappa shape index (κ1) is 21.0. The van der Waals surface area contributed by atoms with Crippen LogP contribution in [0, 0.1) is 0 Å². The second-order valence-corrected chi connectivity index (χ2v) is 8.68. The minimum absolute atomic E-state index is 0.221. The Morgan fingerprint density at radius 2 is 1.80 bits per heavy atom. The zero-order chi connectivity index (χ0) is 20.6. The fourth-order valence-electron chi connectivity index (χ4n) is 3.71. The van der Waals surface area contributed by atoms with Crippen LogP contribution in [0.3, 0.4) is 0 Å². The maximum absolute atomic E-state index is 12.6. The molecule has 1 aromatic heterocycles. The number of hydrogen-bond acceptors (Lipinski definition) is 5. The van der Waals surface area contributed by atoms with E-state index >= 15 is 0 Å². The first-order valence-corrected chi connectivity index (χ1v) is 11.4. The van der Waals surface area contributed by atoms with E-state index in [0.29, 0.717) is 32.7 Å². The van der Waals surface area contributed by atoms with Gasteiger partial charge in [-0.05, 0) is 30.5 Å². The molecule has 1 aliphatic rings. The molecule has 0 unspecified atom stereocenters. The molecule has 1 fully saturated rings. The number of ether oxygens (including phenoxy) is 2. The molecule has 3 aromatic rings. The van der Waals surface area contributed by atoms with Crippen LogP contribution < -0.4 is 0 Å². The lowest BCUT2D eigenvalue weighted by atomic mass is 10.1. The summed E-state index contributed by atoms with van der Waals surface area (Å²) in [5.41, 5.74) is 2.20. The molecular formula is C24H28N2O3S. The molecule has 0 spiro atoms. The number of aromatic nitrogens is 1. The number of amides is 1. The summed E-state index contributed by atoms with van der Waals surface area (Å²) >= 11 is 1.68. The van der Waals surface area contributed by atoms with Crippen LogP contribution in [0.2, 0.25) is 0 Å². The van der Waals surface area contributed by atoms with Gasteiger partial charge in [0.1, 0.15) is 0 Å². The molecule has 1 saturated heterocycles. The third kappa shape index (κ3) is 5.88. The van der Waals surface area contributed by atoms with Gasteiger partial charge in [-0.25, -0.2) is 4.98 Å². The fourth-order valence-corrected chi connectivity index (χ4v) is 4.68. The summed E-state index contributed by atoms with van der Waals surface area (Å²) in [6.07, 6.45) is 3.25. The van der Waals surface area contributed by atoms with Gasteiger partial charge in [0.05, 0.1) is 41.1 Å². The predicted molar refractivity (Wildman–Crippen MR) is 120 cm³/mol. The second-order valence-electron chi connectivity index (χ2n) is 7.56. The van der Waals surface area contributed by atoms with Crippen molar-refractivity contribution in [3.05, 3.63) is 65.2 Å². The summed E-state index contributed by atoms with van der Waals surface area (Å²) in [6.45, 7) is 3.35. The number of rotatable bonds is 9. The highest BCUT2D eigenvalue weighted by atomic mass is 32.1. The van der Waals surface area contributed by atoms with Crippen molar-refractivity contribution in [3.8, 4) is 0 Å². The van der Waals surface area contributed by atoms with E-state index in [9.17, 15) is 4.79 Å². The molecule has 0 radical (unpaired) electrons. The lowest BCUT2D eigenvalue weighted by Gasteiger charge is -2.32. The van der Waals surface area contributed by atoms with Crippen molar-refractivity contribution in [1.82, 2.24) is 9.88 Å². The number of nitrogens with zero attached hydrogens (tertiary/aromatic N) is 2. The van der Waals surface area contributed by atoms with E-state index in [1.807, 2.05) is 41.3 Å². The van der Waals surface area contributed by atoms with E-state index in [1.54, 1.807) is 11.3 Å². The average Bonchev–Trinajstić information content (AvgIpc) is 3.21. The van der Waals surface area contributed by atoms with E-state index in [1.165, 1.54) is 10.3 Å². The van der Waals surface area contributed by atoms with Crippen molar-refractivity contribution in [3.63, 3.8) is 0 Å². The monoisotopic (exact) mass is 424 g/mol. The molecule has 2 heterocycles. The zero-order valence-corrected chi connectivity index (χ0v) is 18.0. The van der Waals surface area contributed by atoms with Crippen molar-refractivity contribution >= 4 is 27.5 Å². The van der Waals surface area contributed by atoms with E-state index in [0.717, 1.165) is 36.5 Å². The largest absolute Gasteiger partial charge is 0.376 e. The number of thiazole rings is 1. The molecule has 2 aromatic carbocycles. The third-order valence-corrected chi connectivity index (χ3v) is 6.47. The number of likely N-dealkylation sites (tertiary alicyclic amines) is 1. The van der Waals surface area contributed by atoms with E-state index in [-0.39, 0.29) is 12.0 Å². The summed E-state index contributed by atoms with van der Waals surface area (Å²) < 4.78 is 12.8. The first-order chi connectivity index (χ1) is 14.8. The molecule has 158 valence electrons. The number of fused-ring (bicyclic) bond motifs is 1. The van der Waals surface area contributed by atoms with Gasteiger partial charge in [-0.3, -0.25) is 4.79 Å². The number of aryl methyl sites for hydroxylation is 1. The fraction of sp³-hybridized carbons (Fsp3) is 0.417. The standard InChI is InChI=1S/C24H28N2O3S/c27-24(11-10-23-25-21-8-4-5-9-22(21)30-23)26-14-12-20(13-15-26)29-17-16-28-18-19-6-2-1-3-7-19/h1-9,20H,10-18H2. The molecule has 30 heavy (non-hydrogen) atoms. The average molecular weight is 425 g/mol. The minimum atomic E-state index is 0.221. The Morgan fingerprint density at radius 1 is 1.03 bits per heavy atom. The SMILES string of the molecule is O=C(CCc1nc2ccccc2s1)N1CCC(OCCOCc2ccccc2)CC1. The lowest BCUT2D eigenvalue weighted by molar-refractivity contribution is -0.134. The van der Waals surface area contributed by atoms with Gasteiger partial charge >= 0.3 is 0 Å². The third-order valence-electron chi connectivity index (χ3n) is 5.38. The van der Waals surface area contributed by atoms with Crippen LogP contribution in [-0.4, -0.2) is 48.2 Å². The molecule has 0 N–H and O–H groups in total. The topological polar surface area (TPSA) is 51.7 Å². The Bertz CT molecular complexity index is 903. The molecule has 4 rings (SSSR count). The van der Waals surface area contributed by atoms with Crippen LogP contribution in [0.1, 0.15) is 29.8 Å². The van der Waals surface area contributed by atoms with Crippen molar-refractivity contribution in [2.45, 2.75) is 38.4 Å². The van der Waals surface area contributed by atoms with Gasteiger partial charge in [-0.1, -0.05) is 42.5 Å². The highest BCUT2D eigenvalue weighted by Gasteiger charge is 2.23. The Kier molecular flexibility index (Phi) is 7.45. The highest BCUT2D eigenvalue weighted by molar-refractivity contribution is 7.18. The molecule has 0 atom stereocenters. The summed E-state index contributed by atoms with van der Waals surface area (Å²) in [6, 6.07) is 18.3. The summed E-state index contributed by atoms with van der Waals surface area (Å²) in [5.74, 6) is 0.221. The molecule has 5 nitrogen and oxygen atoms in total. The van der Waals surface area contributed by atoms with Gasteiger partial charge in [0, 0.05) is 25.9 Å². The molecular weight excluding hydrogens is 396 g/mol. The van der Waals surface area contributed by atoms with Crippen LogP contribution >= 0.6 is 11.3 Å². The Labute approximate surface area is 181 Å². The molecule has 1 amide bonds. The number of carbonyl (C=O) groups excluding carboxylic acids is 1. The number of piperidine rings is 1. The predicted octanol–water partition coefficient (Wildman–Crippen LogP) is 4.45. The van der Waals surface area contributed by atoms with Crippen LogP contribution in [0.4, 0.5) is 0 Å². The van der Waals surface area contributed by atoms with Crippen LogP contribution in [0.25, 0.3) is 10.2 Å². The Morgan fingerprint density at radius 3 is 2.60 bits per heavy atom. The molecule has 1 aliphatic heterocycles. The summed E-state index contributed by atoms with van der Waals surface area (Å²) in [7, 11) is 0. The van der Waals surface area contributed by atoms with Gasteiger partial charge in [0.25, 0.3) is 0 Å². The second kappa shape index (κ2) is 10.7. The quantitative estimate of drug-likeness (QED) is 0.476. The normalized spacial score (nSPS) is 15.0. The van der Waals surface area contributed by atoms with E-state index in [4.69, 9.17) is 9.47 Å². The molecule has 0 saturated carbocycles. The Hall–Kier alpha value is -2.28. The van der Waals surface area contributed by atoms with Crippen LogP contribution in [-0.2, 0) is 27.3 Å². The first-order valence-electron chi connectivity index (χ1n) is 10.6. The molecule has 0 bridgehead atoms. The van der Waals surface area contributed by atoms with Crippen LogP contribution in [0.15, 0.2) is 54.6 Å². The number of para-hydroxylation sites is 1. The van der Waals surface area contributed by atoms with E-state index in [2.05, 4.69) is 23.2 Å². The van der Waals surface area contributed by atoms with Crippen molar-refractivity contribution in [1.29, 1.82) is 0 Å². The minimum Gasteiger partial charge on any atom is -0.376 e. The van der Waals surface area contributed by atoms with Gasteiger partial charge < -0.3 is 14.4 Å². The zero-order valence-electron chi connectivity index (χ0n) is 17.2. The number of hydrogen-bond donors (Lipinski definition) is 0. The van der Waals surface area contributed by atoms with Crippen LogP contribution in [0.5, 0.6) is 0 Å². The highest BCUT2D eigenvalue weighted by Crippen LogP contribution is 2.23. The van der Waals surface area contributed by atoms with Crippen molar-refractivity contribution < 1.29 is 14.3 Å². The van der Waals surface area contributed by atoms with Gasteiger partial charge in [0.2, 0.25) is 5.91 Å². The Balaban J connectivity index is 1.11. The molecule has 6 heteroatoms. The molecule has 0 aliphatic carbocycles. The summed E-state index contributed by atoms with van der Waals surface area (Å²) in [4.78, 5) is 19.2. The number of benzene rings is 2.